The van der Waals surface area contributed by atoms with Crippen molar-refractivity contribution in [3.63, 3.8) is 0 Å². The van der Waals surface area contributed by atoms with Crippen LogP contribution in [0.4, 0.5) is 0 Å². The second-order valence-electron chi connectivity index (χ2n) is 3.77. The largest absolute Gasteiger partial charge is 0.299 e. The van der Waals surface area contributed by atoms with Crippen molar-refractivity contribution < 1.29 is 4.79 Å². The van der Waals surface area contributed by atoms with E-state index in [1.807, 2.05) is 0 Å². The third-order valence-corrected chi connectivity index (χ3v) is 3.14. The predicted molar refractivity (Wildman–Crippen MR) is 44.2 cm³/mol. The van der Waals surface area contributed by atoms with Gasteiger partial charge in [0.25, 0.3) is 0 Å². The summed E-state index contributed by atoms with van der Waals surface area (Å²) in [4.78, 5) is 11.4. The minimum Gasteiger partial charge on any atom is -0.299 e. The van der Waals surface area contributed by atoms with Gasteiger partial charge >= 0.3 is 0 Å². The summed E-state index contributed by atoms with van der Waals surface area (Å²) in [5.41, 5.74) is 1.34. The van der Waals surface area contributed by atoms with Crippen LogP contribution in [-0.2, 0) is 4.79 Å². The maximum Gasteiger partial charge on any atom is 0.136 e. The first-order valence-corrected chi connectivity index (χ1v) is 4.49. The lowest BCUT2D eigenvalue weighted by Gasteiger charge is -2.23. The van der Waals surface area contributed by atoms with E-state index >= 15 is 0 Å². The zero-order valence-corrected chi connectivity index (χ0v) is 6.81. The van der Waals surface area contributed by atoms with E-state index in [4.69, 9.17) is 0 Å². The van der Waals surface area contributed by atoms with Gasteiger partial charge in [-0.2, -0.15) is 0 Å². The highest BCUT2D eigenvalue weighted by molar-refractivity contribution is 5.83. The first kappa shape index (κ1) is 7.08. The van der Waals surface area contributed by atoms with Gasteiger partial charge in [0, 0.05) is 12.3 Å². The minimum atomic E-state index is 0.372. The molecule has 2 aliphatic rings. The summed E-state index contributed by atoms with van der Waals surface area (Å²) in [6.07, 6.45) is 5.33. The number of carbonyl (C=O) groups excluding carboxylic acids is 1. The van der Waals surface area contributed by atoms with Crippen LogP contribution in [0, 0.1) is 11.8 Å². The molecule has 1 nitrogen and oxygen atoms in total. The number of fused-ring (bicyclic) bond motifs is 1. The molecule has 0 saturated heterocycles. The summed E-state index contributed by atoms with van der Waals surface area (Å²) < 4.78 is 0. The lowest BCUT2D eigenvalue weighted by Crippen LogP contribution is -2.24. The van der Waals surface area contributed by atoms with Crippen molar-refractivity contribution in [2.75, 3.05) is 0 Å². The normalized spacial score (nSPS) is 37.5. The van der Waals surface area contributed by atoms with Crippen molar-refractivity contribution >= 4 is 5.78 Å². The van der Waals surface area contributed by atoms with Crippen LogP contribution in [-0.4, -0.2) is 5.78 Å². The molecule has 0 aromatic heterocycles. The van der Waals surface area contributed by atoms with E-state index in [9.17, 15) is 4.79 Å². The Bertz CT molecular complexity index is 205. The number of Topliss-reactive ketones (excluding diaryl/α,β-unsaturated/α-hetero) is 1. The third kappa shape index (κ3) is 1.03. The van der Waals surface area contributed by atoms with E-state index in [1.54, 1.807) is 0 Å². The molecule has 2 fully saturated rings. The Morgan fingerprint density at radius 2 is 2.00 bits per heavy atom. The highest BCUT2D eigenvalue weighted by atomic mass is 16.1. The zero-order valence-electron chi connectivity index (χ0n) is 6.81. The van der Waals surface area contributed by atoms with Gasteiger partial charge in [0.05, 0.1) is 0 Å². The van der Waals surface area contributed by atoms with Crippen LogP contribution < -0.4 is 0 Å². The van der Waals surface area contributed by atoms with Gasteiger partial charge in [-0.15, -0.1) is 0 Å². The van der Waals surface area contributed by atoms with E-state index in [0.717, 1.165) is 25.7 Å². The fourth-order valence-electron chi connectivity index (χ4n) is 2.48. The highest BCUT2D eigenvalue weighted by Crippen LogP contribution is 2.42. The summed E-state index contributed by atoms with van der Waals surface area (Å²) in [6.45, 7) is 4.02. The van der Waals surface area contributed by atoms with E-state index in [1.165, 1.54) is 12.0 Å². The molecule has 2 aliphatic carbocycles. The Balaban J connectivity index is 2.19. The van der Waals surface area contributed by atoms with Crippen molar-refractivity contribution in [2.45, 2.75) is 32.1 Å². The van der Waals surface area contributed by atoms with Crippen LogP contribution in [0.15, 0.2) is 12.2 Å². The van der Waals surface area contributed by atoms with Crippen LogP contribution >= 0.6 is 0 Å². The van der Waals surface area contributed by atoms with Crippen LogP contribution in [0.3, 0.4) is 0 Å². The molecule has 0 spiro atoms. The molecule has 2 atom stereocenters. The number of rotatable bonds is 0. The standard InChI is InChI=1S/C10H14O/c1-7-5-6-9-8(7)3-2-4-10(9)11/h8-9H,1-6H2/t8-,9+/m1/s1. The molecule has 0 heterocycles. The molecule has 0 N–H and O–H groups in total. The van der Waals surface area contributed by atoms with Crippen molar-refractivity contribution in [1.29, 1.82) is 0 Å². The van der Waals surface area contributed by atoms with Gasteiger partial charge in [0.2, 0.25) is 0 Å². The second-order valence-corrected chi connectivity index (χ2v) is 3.77. The predicted octanol–water partition coefficient (Wildman–Crippen LogP) is 2.32. The summed E-state index contributed by atoms with van der Waals surface area (Å²) in [5, 5.41) is 0. The fraction of sp³-hybridized carbons (Fsp3) is 0.700. The van der Waals surface area contributed by atoms with E-state index < -0.39 is 0 Å². The monoisotopic (exact) mass is 150 g/mol. The number of allylic oxidation sites excluding steroid dienone is 1. The topological polar surface area (TPSA) is 17.1 Å². The number of hydrogen-bond donors (Lipinski definition) is 0. The molecule has 1 heteroatoms. The first-order valence-electron chi connectivity index (χ1n) is 4.49. The number of hydrogen-bond acceptors (Lipinski definition) is 1. The van der Waals surface area contributed by atoms with Crippen LogP contribution in [0.5, 0.6) is 0 Å². The number of carbonyl (C=O) groups is 1. The van der Waals surface area contributed by atoms with E-state index in [-0.39, 0.29) is 0 Å². The third-order valence-electron chi connectivity index (χ3n) is 3.14. The van der Waals surface area contributed by atoms with E-state index in [2.05, 4.69) is 6.58 Å². The van der Waals surface area contributed by atoms with Crippen molar-refractivity contribution in [1.82, 2.24) is 0 Å². The lowest BCUT2D eigenvalue weighted by atomic mass is 9.80. The van der Waals surface area contributed by atoms with Gasteiger partial charge in [-0.25, -0.2) is 0 Å². The molecule has 60 valence electrons. The van der Waals surface area contributed by atoms with Gasteiger partial charge in [0.1, 0.15) is 5.78 Å². The minimum absolute atomic E-state index is 0.372. The molecule has 0 aromatic carbocycles. The quantitative estimate of drug-likeness (QED) is 0.484. The summed E-state index contributed by atoms with van der Waals surface area (Å²) in [6, 6.07) is 0. The summed E-state index contributed by atoms with van der Waals surface area (Å²) >= 11 is 0. The average molecular weight is 150 g/mol. The molecular formula is C10H14O. The molecule has 0 amide bonds. The summed E-state index contributed by atoms with van der Waals surface area (Å²) in [7, 11) is 0. The lowest BCUT2D eigenvalue weighted by molar-refractivity contribution is -0.125. The first-order chi connectivity index (χ1) is 5.29. The van der Waals surface area contributed by atoms with Crippen molar-refractivity contribution in [3.8, 4) is 0 Å². The Labute approximate surface area is 67.5 Å². The zero-order chi connectivity index (χ0) is 7.84. The van der Waals surface area contributed by atoms with Crippen LogP contribution in [0.1, 0.15) is 32.1 Å². The molecule has 0 bridgehead atoms. The highest BCUT2D eigenvalue weighted by Gasteiger charge is 2.37. The van der Waals surface area contributed by atoms with Gasteiger partial charge in [0.15, 0.2) is 0 Å². The van der Waals surface area contributed by atoms with Crippen molar-refractivity contribution in [3.05, 3.63) is 12.2 Å². The maximum absolute atomic E-state index is 11.4. The van der Waals surface area contributed by atoms with Gasteiger partial charge in [-0.1, -0.05) is 12.2 Å². The smallest absolute Gasteiger partial charge is 0.136 e. The van der Waals surface area contributed by atoms with Crippen molar-refractivity contribution in [2.24, 2.45) is 11.8 Å². The van der Waals surface area contributed by atoms with Gasteiger partial charge < -0.3 is 0 Å². The fourth-order valence-corrected chi connectivity index (χ4v) is 2.48. The molecule has 0 aromatic rings. The molecule has 0 unspecified atom stereocenters. The Morgan fingerprint density at radius 1 is 1.18 bits per heavy atom. The average Bonchev–Trinajstić information content (AvgIpc) is 2.35. The number of ketones is 1. The molecular weight excluding hydrogens is 136 g/mol. The van der Waals surface area contributed by atoms with E-state index in [0.29, 0.717) is 17.6 Å². The second kappa shape index (κ2) is 2.47. The molecule has 2 saturated carbocycles. The van der Waals surface area contributed by atoms with Gasteiger partial charge in [-0.05, 0) is 31.6 Å². The molecule has 2 rings (SSSR count). The molecule has 11 heavy (non-hydrogen) atoms. The molecule has 0 radical (unpaired) electrons. The van der Waals surface area contributed by atoms with Gasteiger partial charge in [-0.3, -0.25) is 4.79 Å². The van der Waals surface area contributed by atoms with Crippen LogP contribution in [0.2, 0.25) is 0 Å². The van der Waals surface area contributed by atoms with Crippen LogP contribution in [0.25, 0.3) is 0 Å². The SMILES string of the molecule is C=C1CC[C@@H]2C(=O)CCC[C@H]12. The molecule has 0 aliphatic heterocycles. The Hall–Kier alpha value is -0.590. The summed E-state index contributed by atoms with van der Waals surface area (Å²) in [5.74, 6) is 1.44. The Morgan fingerprint density at radius 3 is 2.73 bits per heavy atom. The Kier molecular flexibility index (Phi) is 1.59. The maximum atomic E-state index is 11.4.